The van der Waals surface area contributed by atoms with Gasteiger partial charge in [0.15, 0.2) is 5.69 Å². The second-order valence-corrected chi connectivity index (χ2v) is 6.69. The minimum atomic E-state index is -4.66. The van der Waals surface area contributed by atoms with Gasteiger partial charge in [-0.1, -0.05) is 6.07 Å². The van der Waals surface area contributed by atoms with Gasteiger partial charge in [0.1, 0.15) is 5.82 Å². The molecule has 1 aliphatic rings. The summed E-state index contributed by atoms with van der Waals surface area (Å²) in [6, 6.07) is 8.70. The van der Waals surface area contributed by atoms with Crippen molar-refractivity contribution < 1.29 is 22.4 Å². The lowest BCUT2D eigenvalue weighted by atomic mass is 10.1. The Morgan fingerprint density at radius 2 is 1.86 bits per heavy atom. The number of rotatable bonds is 6. The molecule has 2 aromatic carbocycles. The first-order valence-electron chi connectivity index (χ1n) is 8.65. The van der Waals surface area contributed by atoms with Crippen molar-refractivity contribution in [1.82, 2.24) is 0 Å². The summed E-state index contributed by atoms with van der Waals surface area (Å²) in [5.74, 6) is -0.531. The number of carbonyl (C=O) groups is 1. The number of halogens is 4. The molecule has 3 rings (SSSR count). The van der Waals surface area contributed by atoms with Crippen LogP contribution in [0.1, 0.15) is 18.4 Å². The van der Waals surface area contributed by atoms with Crippen LogP contribution >= 0.6 is 0 Å². The molecule has 0 radical (unpaired) electrons. The zero-order valence-corrected chi connectivity index (χ0v) is 14.8. The molecule has 2 aromatic rings. The maximum absolute atomic E-state index is 13.3. The molecular weight excluding hydrogens is 374 g/mol. The van der Waals surface area contributed by atoms with Crippen molar-refractivity contribution in [2.24, 2.45) is 5.92 Å². The molecule has 1 aliphatic carbocycles. The Kier molecular flexibility index (Phi) is 5.54. The van der Waals surface area contributed by atoms with Crippen LogP contribution in [-0.2, 0) is 11.0 Å². The Hall–Kier alpha value is -3.08. The highest BCUT2D eigenvalue weighted by Gasteiger charge is 2.34. The van der Waals surface area contributed by atoms with Gasteiger partial charge >= 0.3 is 6.18 Å². The molecule has 8 heteroatoms. The third-order valence-corrected chi connectivity index (χ3v) is 4.41. The maximum Gasteiger partial charge on any atom is 0.407 e. The largest absolute Gasteiger partial charge is 0.407 e. The minimum Gasteiger partial charge on any atom is -0.362 e. The summed E-state index contributed by atoms with van der Waals surface area (Å²) in [7, 11) is 0. The van der Waals surface area contributed by atoms with Crippen molar-refractivity contribution in [3.8, 4) is 0 Å². The van der Waals surface area contributed by atoms with Gasteiger partial charge in [-0.15, -0.1) is 0 Å². The SMILES string of the molecule is [C-]#[N+]c1ccc(N(CC(=O)Nc2ccc(F)cc2)CC2CC2)cc1C(F)(F)F. The van der Waals surface area contributed by atoms with Crippen LogP contribution in [0, 0.1) is 18.3 Å². The first-order chi connectivity index (χ1) is 13.3. The molecule has 1 saturated carbocycles. The number of carbonyl (C=O) groups excluding carboxylic acids is 1. The fourth-order valence-corrected chi connectivity index (χ4v) is 2.83. The summed E-state index contributed by atoms with van der Waals surface area (Å²) >= 11 is 0. The summed E-state index contributed by atoms with van der Waals surface area (Å²) in [6.45, 7) is 7.24. The number of nitrogens with zero attached hydrogens (tertiary/aromatic N) is 2. The molecule has 0 aromatic heterocycles. The van der Waals surface area contributed by atoms with E-state index in [4.69, 9.17) is 6.57 Å². The lowest BCUT2D eigenvalue weighted by molar-refractivity contribution is -0.136. The van der Waals surface area contributed by atoms with Gasteiger partial charge in [0.2, 0.25) is 5.91 Å². The number of alkyl halides is 3. The first kappa shape index (κ1) is 19.7. The molecule has 28 heavy (non-hydrogen) atoms. The van der Waals surface area contributed by atoms with Crippen molar-refractivity contribution in [2.45, 2.75) is 19.0 Å². The van der Waals surface area contributed by atoms with Crippen molar-refractivity contribution in [3.63, 3.8) is 0 Å². The first-order valence-corrected chi connectivity index (χ1v) is 8.65. The van der Waals surface area contributed by atoms with Gasteiger partial charge in [-0.05, 0) is 55.2 Å². The second kappa shape index (κ2) is 7.89. The lowest BCUT2D eigenvalue weighted by Gasteiger charge is -2.25. The number of benzene rings is 2. The number of anilines is 2. The fourth-order valence-electron chi connectivity index (χ4n) is 2.83. The van der Waals surface area contributed by atoms with Crippen LogP contribution in [0.4, 0.5) is 34.6 Å². The average molecular weight is 391 g/mol. The number of amides is 1. The van der Waals surface area contributed by atoms with E-state index in [0.29, 0.717) is 18.2 Å². The van der Waals surface area contributed by atoms with Crippen molar-refractivity contribution in [1.29, 1.82) is 0 Å². The molecule has 1 amide bonds. The molecule has 0 spiro atoms. The van der Waals surface area contributed by atoms with Gasteiger partial charge in [0, 0.05) is 17.9 Å². The molecule has 0 heterocycles. The molecule has 1 fully saturated rings. The summed E-state index contributed by atoms with van der Waals surface area (Å²) < 4.78 is 52.8. The van der Waals surface area contributed by atoms with E-state index in [0.717, 1.165) is 25.0 Å². The number of hydrogen-bond donors (Lipinski definition) is 1. The molecule has 4 nitrogen and oxygen atoms in total. The van der Waals surface area contributed by atoms with Crippen LogP contribution in [0.25, 0.3) is 4.85 Å². The quantitative estimate of drug-likeness (QED) is 0.539. The summed E-state index contributed by atoms with van der Waals surface area (Å²) in [4.78, 5) is 16.9. The minimum absolute atomic E-state index is 0.150. The Balaban J connectivity index is 1.81. The smallest absolute Gasteiger partial charge is 0.362 e. The topological polar surface area (TPSA) is 36.7 Å². The third kappa shape index (κ3) is 5.00. The highest BCUT2D eigenvalue weighted by atomic mass is 19.4. The van der Waals surface area contributed by atoms with Crippen LogP contribution in [0.5, 0.6) is 0 Å². The summed E-state index contributed by atoms with van der Waals surface area (Å²) in [6.07, 6.45) is -2.73. The number of nitrogens with one attached hydrogen (secondary N) is 1. The van der Waals surface area contributed by atoms with E-state index in [-0.39, 0.29) is 12.2 Å². The van der Waals surface area contributed by atoms with Crippen molar-refractivity contribution in [2.75, 3.05) is 23.3 Å². The zero-order chi connectivity index (χ0) is 20.3. The van der Waals surface area contributed by atoms with Crippen LogP contribution in [0.15, 0.2) is 42.5 Å². The average Bonchev–Trinajstić information content (AvgIpc) is 3.46. The van der Waals surface area contributed by atoms with E-state index in [1.807, 2.05) is 0 Å². The molecule has 146 valence electrons. The van der Waals surface area contributed by atoms with Gasteiger partial charge < -0.3 is 10.2 Å². The third-order valence-electron chi connectivity index (χ3n) is 4.41. The van der Waals surface area contributed by atoms with Crippen LogP contribution in [0.3, 0.4) is 0 Å². The Morgan fingerprint density at radius 3 is 2.43 bits per heavy atom. The predicted molar refractivity (Wildman–Crippen MR) is 97.7 cm³/mol. The molecule has 0 atom stereocenters. The normalized spacial score (nSPS) is 13.7. The highest BCUT2D eigenvalue weighted by Crippen LogP contribution is 2.39. The van der Waals surface area contributed by atoms with E-state index < -0.39 is 29.2 Å². The van der Waals surface area contributed by atoms with E-state index in [1.165, 1.54) is 30.3 Å². The molecule has 1 N–H and O–H groups in total. The van der Waals surface area contributed by atoms with Crippen molar-refractivity contribution >= 4 is 23.0 Å². The lowest BCUT2D eigenvalue weighted by Crippen LogP contribution is -2.35. The van der Waals surface area contributed by atoms with E-state index in [2.05, 4.69) is 10.2 Å². The van der Waals surface area contributed by atoms with Gasteiger partial charge in [-0.2, -0.15) is 13.2 Å². The Morgan fingerprint density at radius 1 is 1.18 bits per heavy atom. The van der Waals surface area contributed by atoms with Gasteiger partial charge in [0.05, 0.1) is 18.7 Å². The van der Waals surface area contributed by atoms with E-state index >= 15 is 0 Å². The molecule has 0 unspecified atom stereocenters. The molecular formula is C20H17F4N3O. The standard InChI is InChI=1S/C20H17F4N3O/c1-25-18-9-8-16(10-17(18)20(22,23)24)27(11-13-2-3-13)12-19(28)26-15-6-4-14(21)5-7-15/h4-10,13H,2-3,11-12H2,(H,26,28). The zero-order valence-electron chi connectivity index (χ0n) is 14.8. The van der Waals surface area contributed by atoms with Crippen LogP contribution < -0.4 is 10.2 Å². The van der Waals surface area contributed by atoms with Crippen LogP contribution in [-0.4, -0.2) is 19.0 Å². The monoisotopic (exact) mass is 391 g/mol. The highest BCUT2D eigenvalue weighted by molar-refractivity contribution is 5.94. The van der Waals surface area contributed by atoms with Crippen LogP contribution in [0.2, 0.25) is 0 Å². The fraction of sp³-hybridized carbons (Fsp3) is 0.300. The maximum atomic E-state index is 13.3. The predicted octanol–water partition coefficient (Wildman–Crippen LogP) is 5.25. The van der Waals surface area contributed by atoms with Gasteiger partial charge in [0.25, 0.3) is 0 Å². The van der Waals surface area contributed by atoms with E-state index in [1.54, 1.807) is 4.90 Å². The second-order valence-electron chi connectivity index (χ2n) is 6.69. The number of hydrogen-bond acceptors (Lipinski definition) is 2. The summed E-state index contributed by atoms with van der Waals surface area (Å²) in [5, 5.41) is 2.61. The Bertz CT molecular complexity index is 899. The molecule has 0 aliphatic heterocycles. The van der Waals surface area contributed by atoms with Crippen molar-refractivity contribution in [3.05, 3.63) is 65.3 Å². The summed E-state index contributed by atoms with van der Waals surface area (Å²) in [5.41, 5.74) is -0.851. The molecule has 0 saturated heterocycles. The van der Waals surface area contributed by atoms with Gasteiger partial charge in [-0.3, -0.25) is 4.79 Å². The Labute approximate surface area is 159 Å². The van der Waals surface area contributed by atoms with Gasteiger partial charge in [-0.25, -0.2) is 9.24 Å². The molecule has 0 bridgehead atoms. The van der Waals surface area contributed by atoms with E-state index in [9.17, 15) is 22.4 Å².